The molecule has 212 valence electrons. The van der Waals surface area contributed by atoms with Gasteiger partial charge in [0.15, 0.2) is 5.69 Å². The lowest BCUT2D eigenvalue weighted by Gasteiger charge is -2.30. The Labute approximate surface area is 235 Å². The van der Waals surface area contributed by atoms with Crippen LogP contribution >= 0.6 is 0 Å². The molecule has 3 aromatic rings. The third kappa shape index (κ3) is 6.12. The van der Waals surface area contributed by atoms with Crippen LogP contribution in [0.3, 0.4) is 0 Å². The molecule has 0 radical (unpaired) electrons. The molecule has 0 spiro atoms. The van der Waals surface area contributed by atoms with E-state index in [9.17, 15) is 9.59 Å². The van der Waals surface area contributed by atoms with Gasteiger partial charge in [-0.3, -0.25) is 9.48 Å². The van der Waals surface area contributed by atoms with Gasteiger partial charge < -0.3 is 25.2 Å². The smallest absolute Gasteiger partial charge is 0.321 e. The summed E-state index contributed by atoms with van der Waals surface area (Å²) >= 11 is 0. The van der Waals surface area contributed by atoms with E-state index in [4.69, 9.17) is 14.8 Å². The lowest BCUT2D eigenvalue weighted by atomic mass is 10.0. The Morgan fingerprint density at radius 2 is 1.93 bits per heavy atom. The molecule has 10 nitrogen and oxygen atoms in total. The van der Waals surface area contributed by atoms with E-state index in [1.54, 1.807) is 14.1 Å². The number of nitrogens with one attached hydrogen (secondary N) is 2. The molecule has 2 aliphatic heterocycles. The van der Waals surface area contributed by atoms with Crippen molar-refractivity contribution in [2.24, 2.45) is 0 Å². The fourth-order valence-electron chi connectivity index (χ4n) is 5.24. The highest BCUT2D eigenvalue weighted by molar-refractivity contribution is 5.94. The first-order valence-electron chi connectivity index (χ1n) is 14.1. The zero-order valence-corrected chi connectivity index (χ0v) is 23.8. The molecule has 0 aliphatic carbocycles. The van der Waals surface area contributed by atoms with Crippen molar-refractivity contribution >= 4 is 23.4 Å². The van der Waals surface area contributed by atoms with Gasteiger partial charge in [-0.05, 0) is 62.4 Å². The van der Waals surface area contributed by atoms with E-state index < -0.39 is 0 Å². The van der Waals surface area contributed by atoms with Gasteiger partial charge in [0.1, 0.15) is 5.82 Å². The SMILES string of the molecule is CC(C)n1nc(C(=O)NCc2ccc(NC(=O)N(C)C)cc2)c2c1CCN(c1ccc(C3CCCCO3)cn1)C2. The quantitative estimate of drug-likeness (QED) is 0.447. The summed E-state index contributed by atoms with van der Waals surface area (Å²) in [5.41, 5.74) is 5.30. The summed E-state index contributed by atoms with van der Waals surface area (Å²) in [6, 6.07) is 11.6. The summed E-state index contributed by atoms with van der Waals surface area (Å²) in [7, 11) is 3.38. The first-order valence-corrected chi connectivity index (χ1v) is 14.1. The van der Waals surface area contributed by atoms with Crippen LogP contribution < -0.4 is 15.5 Å². The maximum Gasteiger partial charge on any atom is 0.321 e. The Morgan fingerprint density at radius 3 is 2.58 bits per heavy atom. The number of anilines is 2. The Kier molecular flexibility index (Phi) is 8.35. The van der Waals surface area contributed by atoms with Gasteiger partial charge in [-0.15, -0.1) is 0 Å². The van der Waals surface area contributed by atoms with Crippen molar-refractivity contribution in [2.75, 3.05) is 37.5 Å². The van der Waals surface area contributed by atoms with Crippen LogP contribution in [0.15, 0.2) is 42.6 Å². The van der Waals surface area contributed by atoms with Crippen molar-refractivity contribution in [1.82, 2.24) is 25.0 Å². The Morgan fingerprint density at radius 1 is 1.12 bits per heavy atom. The van der Waals surface area contributed by atoms with Crippen molar-refractivity contribution in [2.45, 2.75) is 64.8 Å². The number of pyridine rings is 1. The second-order valence-electron chi connectivity index (χ2n) is 11.0. The predicted octanol–water partition coefficient (Wildman–Crippen LogP) is 4.69. The highest BCUT2D eigenvalue weighted by Gasteiger charge is 2.29. The number of aromatic nitrogens is 3. The van der Waals surface area contributed by atoms with Crippen molar-refractivity contribution < 1.29 is 14.3 Å². The van der Waals surface area contributed by atoms with Crippen LogP contribution in [0.5, 0.6) is 0 Å². The molecule has 1 unspecified atom stereocenters. The van der Waals surface area contributed by atoms with Gasteiger partial charge in [0.05, 0.1) is 6.10 Å². The van der Waals surface area contributed by atoms with E-state index in [2.05, 4.69) is 41.5 Å². The van der Waals surface area contributed by atoms with Crippen molar-refractivity contribution in [3.05, 3.63) is 70.7 Å². The van der Waals surface area contributed by atoms with Crippen molar-refractivity contribution in [1.29, 1.82) is 0 Å². The van der Waals surface area contributed by atoms with Crippen LogP contribution in [0.4, 0.5) is 16.3 Å². The topological polar surface area (TPSA) is 105 Å². The van der Waals surface area contributed by atoms with Crippen LogP contribution in [-0.2, 0) is 24.2 Å². The molecular formula is C30H39N7O3. The number of carbonyl (C=O) groups is 2. The molecule has 0 saturated carbocycles. The number of rotatable bonds is 7. The standard InChI is InChI=1S/C30H39N7O3/c1-20(2)37-25-14-15-36(27-13-10-22(18-31-27)26-7-5-6-16-40-26)19-24(25)28(34-37)29(38)32-17-21-8-11-23(12-9-21)33-30(39)35(3)4/h8-13,18,20,26H,5-7,14-17,19H2,1-4H3,(H,32,38)(H,33,39). The van der Waals surface area contributed by atoms with E-state index in [0.717, 1.165) is 60.6 Å². The molecule has 1 aromatic carbocycles. The monoisotopic (exact) mass is 545 g/mol. The fraction of sp³-hybridized carbons (Fsp3) is 0.467. The number of benzene rings is 1. The number of fused-ring (bicyclic) bond motifs is 1. The fourth-order valence-corrected chi connectivity index (χ4v) is 5.24. The molecule has 5 rings (SSSR count). The third-order valence-corrected chi connectivity index (χ3v) is 7.50. The van der Waals surface area contributed by atoms with E-state index in [1.165, 1.54) is 11.3 Å². The summed E-state index contributed by atoms with van der Waals surface area (Å²) < 4.78 is 7.91. The van der Waals surface area contributed by atoms with Crippen molar-refractivity contribution in [3.63, 3.8) is 0 Å². The maximum atomic E-state index is 13.4. The number of nitrogens with zero attached hydrogens (tertiary/aromatic N) is 5. The van der Waals surface area contributed by atoms with Gasteiger partial charge in [-0.1, -0.05) is 18.2 Å². The third-order valence-electron chi connectivity index (χ3n) is 7.50. The molecule has 2 N–H and O–H groups in total. The van der Waals surface area contributed by atoms with Crippen LogP contribution in [0, 0.1) is 0 Å². The van der Waals surface area contributed by atoms with Crippen LogP contribution in [0.2, 0.25) is 0 Å². The minimum Gasteiger partial charge on any atom is -0.373 e. The largest absolute Gasteiger partial charge is 0.373 e. The number of hydrogen-bond donors (Lipinski definition) is 2. The average molecular weight is 546 g/mol. The molecule has 0 bridgehead atoms. The zero-order valence-electron chi connectivity index (χ0n) is 23.8. The Bertz CT molecular complexity index is 1330. The molecule has 40 heavy (non-hydrogen) atoms. The van der Waals surface area contributed by atoms with Gasteiger partial charge in [0, 0.05) is 75.9 Å². The van der Waals surface area contributed by atoms with Crippen molar-refractivity contribution in [3.8, 4) is 0 Å². The summed E-state index contributed by atoms with van der Waals surface area (Å²) in [6.07, 6.45) is 6.22. The predicted molar refractivity (Wildman–Crippen MR) is 154 cm³/mol. The van der Waals surface area contributed by atoms with Gasteiger partial charge in [0.2, 0.25) is 0 Å². The summed E-state index contributed by atoms with van der Waals surface area (Å²) in [6.45, 7) is 6.75. The summed E-state index contributed by atoms with van der Waals surface area (Å²) in [5, 5.41) is 10.6. The highest BCUT2D eigenvalue weighted by atomic mass is 16.5. The second kappa shape index (κ2) is 12.1. The Balaban J connectivity index is 1.27. The first-order chi connectivity index (χ1) is 19.3. The number of urea groups is 1. The van der Waals surface area contributed by atoms with E-state index in [1.807, 2.05) is 35.1 Å². The molecule has 4 heterocycles. The minimum absolute atomic E-state index is 0.135. The van der Waals surface area contributed by atoms with Gasteiger partial charge >= 0.3 is 6.03 Å². The first kappa shape index (κ1) is 27.6. The van der Waals surface area contributed by atoms with Crippen LogP contribution in [0.25, 0.3) is 0 Å². The number of carbonyl (C=O) groups excluding carboxylic acids is 2. The molecule has 3 amide bonds. The van der Waals surface area contributed by atoms with Gasteiger partial charge in [-0.2, -0.15) is 5.10 Å². The summed E-state index contributed by atoms with van der Waals surface area (Å²) in [4.78, 5) is 33.7. The molecule has 1 saturated heterocycles. The van der Waals surface area contributed by atoms with Crippen LogP contribution in [-0.4, -0.2) is 58.8 Å². The average Bonchev–Trinajstić information content (AvgIpc) is 3.36. The Hall–Kier alpha value is -3.92. The molecule has 2 aliphatic rings. The molecular weight excluding hydrogens is 506 g/mol. The normalized spacial score (nSPS) is 16.9. The molecule has 10 heteroatoms. The number of ether oxygens (including phenoxy) is 1. The lowest BCUT2D eigenvalue weighted by Crippen LogP contribution is -2.33. The molecule has 2 aromatic heterocycles. The maximum absolute atomic E-state index is 13.4. The van der Waals surface area contributed by atoms with E-state index >= 15 is 0 Å². The lowest BCUT2D eigenvalue weighted by molar-refractivity contribution is 0.0147. The van der Waals surface area contributed by atoms with Crippen LogP contribution in [0.1, 0.15) is 78.1 Å². The zero-order chi connectivity index (χ0) is 28.2. The molecule has 1 fully saturated rings. The van der Waals surface area contributed by atoms with Gasteiger partial charge in [0.25, 0.3) is 5.91 Å². The minimum atomic E-state index is -0.194. The van der Waals surface area contributed by atoms with Gasteiger partial charge in [-0.25, -0.2) is 9.78 Å². The highest BCUT2D eigenvalue weighted by Crippen LogP contribution is 2.31. The molecule has 1 atom stereocenters. The summed E-state index contributed by atoms with van der Waals surface area (Å²) in [5.74, 6) is 0.704. The number of amides is 3. The van der Waals surface area contributed by atoms with E-state index in [0.29, 0.717) is 24.5 Å². The van der Waals surface area contributed by atoms with E-state index in [-0.39, 0.29) is 24.1 Å². The number of hydrogen-bond acceptors (Lipinski definition) is 6. The second-order valence-corrected chi connectivity index (χ2v) is 11.0.